The van der Waals surface area contributed by atoms with Crippen molar-refractivity contribution in [3.05, 3.63) is 66.9 Å². The Morgan fingerprint density at radius 3 is 2.53 bits per heavy atom. The molecule has 0 radical (unpaired) electrons. The number of anilines is 3. The Bertz CT molecular complexity index is 1380. The molecule has 0 unspecified atom stereocenters. The minimum Gasteiger partial charge on any atom is -0.382 e. The highest BCUT2D eigenvalue weighted by molar-refractivity contribution is 6.05. The Morgan fingerprint density at radius 2 is 1.72 bits per heavy atom. The molecule has 1 aliphatic rings. The Kier molecular flexibility index (Phi) is 6.73. The summed E-state index contributed by atoms with van der Waals surface area (Å²) in [6.45, 7) is 7.91. The standard InChI is InChI=1S/C27H30N8O/c1-18(2)32-23-10-21(14-28-17-23)24-11-20-12-25(31-16-22(20)15-30-24)33-27(36)19-4-5-29-26(13-19)35-8-6-34(3)7-9-35/h4-5,10-18,32H,6-9H2,1-3H3,(H,31,33,36). The minimum atomic E-state index is -0.217. The summed E-state index contributed by atoms with van der Waals surface area (Å²) < 4.78 is 0. The van der Waals surface area contributed by atoms with Crippen LogP contribution in [0.4, 0.5) is 17.3 Å². The van der Waals surface area contributed by atoms with Crippen LogP contribution in [-0.2, 0) is 0 Å². The number of carbonyl (C=O) groups excluding carboxylic acids is 1. The van der Waals surface area contributed by atoms with Gasteiger partial charge in [-0.05, 0) is 56.6 Å². The van der Waals surface area contributed by atoms with E-state index in [2.05, 4.69) is 61.3 Å². The van der Waals surface area contributed by atoms with E-state index in [9.17, 15) is 4.79 Å². The van der Waals surface area contributed by atoms with Crippen LogP contribution in [0, 0.1) is 0 Å². The Morgan fingerprint density at radius 1 is 0.917 bits per heavy atom. The van der Waals surface area contributed by atoms with Crippen LogP contribution in [0.25, 0.3) is 22.0 Å². The van der Waals surface area contributed by atoms with Crippen molar-refractivity contribution in [3.8, 4) is 11.3 Å². The lowest BCUT2D eigenvalue weighted by Gasteiger charge is -2.33. The van der Waals surface area contributed by atoms with Crippen LogP contribution in [0.15, 0.2) is 61.3 Å². The third-order valence-electron chi connectivity index (χ3n) is 6.17. The van der Waals surface area contributed by atoms with Gasteiger partial charge in [-0.2, -0.15) is 0 Å². The van der Waals surface area contributed by atoms with Crippen molar-refractivity contribution in [2.24, 2.45) is 0 Å². The molecular weight excluding hydrogens is 452 g/mol. The van der Waals surface area contributed by atoms with Crippen LogP contribution >= 0.6 is 0 Å². The second kappa shape index (κ2) is 10.2. The molecule has 0 aliphatic carbocycles. The molecule has 9 nitrogen and oxygen atoms in total. The molecule has 0 saturated carbocycles. The molecule has 0 spiro atoms. The van der Waals surface area contributed by atoms with Gasteiger partial charge in [0, 0.05) is 79.7 Å². The zero-order valence-electron chi connectivity index (χ0n) is 20.8. The van der Waals surface area contributed by atoms with Crippen molar-refractivity contribution in [3.63, 3.8) is 0 Å². The van der Waals surface area contributed by atoms with E-state index in [0.717, 1.165) is 59.7 Å². The molecule has 0 bridgehead atoms. The number of hydrogen-bond donors (Lipinski definition) is 2. The molecule has 1 fully saturated rings. The van der Waals surface area contributed by atoms with Crippen LogP contribution in [0.5, 0.6) is 0 Å². The van der Waals surface area contributed by atoms with Gasteiger partial charge in [0.15, 0.2) is 0 Å². The van der Waals surface area contributed by atoms with Crippen LogP contribution in [0.3, 0.4) is 0 Å². The number of carbonyl (C=O) groups is 1. The van der Waals surface area contributed by atoms with Gasteiger partial charge in [-0.15, -0.1) is 0 Å². The number of rotatable bonds is 6. The average molecular weight is 483 g/mol. The smallest absolute Gasteiger partial charge is 0.257 e. The summed E-state index contributed by atoms with van der Waals surface area (Å²) in [6, 6.07) is 9.76. The van der Waals surface area contributed by atoms with Crippen LogP contribution in [0.1, 0.15) is 24.2 Å². The molecule has 1 amide bonds. The Hall–Kier alpha value is -4.11. The fourth-order valence-corrected chi connectivity index (χ4v) is 4.21. The van der Waals surface area contributed by atoms with Gasteiger partial charge in [0.25, 0.3) is 5.91 Å². The summed E-state index contributed by atoms with van der Waals surface area (Å²) in [6.07, 6.45) is 8.79. The number of amides is 1. The first-order valence-electron chi connectivity index (χ1n) is 12.1. The van der Waals surface area contributed by atoms with E-state index in [1.807, 2.05) is 24.3 Å². The van der Waals surface area contributed by atoms with E-state index < -0.39 is 0 Å². The SMILES string of the molecule is CC(C)Nc1cncc(-c2cc3cc(NC(=O)c4ccnc(N5CCN(C)CC5)c4)ncc3cn2)c1. The molecule has 1 saturated heterocycles. The van der Waals surface area contributed by atoms with Crippen molar-refractivity contribution in [2.75, 3.05) is 48.8 Å². The predicted octanol–water partition coefficient (Wildman–Crippen LogP) is 3.91. The first-order valence-corrected chi connectivity index (χ1v) is 12.1. The molecule has 0 atom stereocenters. The Labute approximate surface area is 210 Å². The summed E-state index contributed by atoms with van der Waals surface area (Å²) in [4.78, 5) is 35.3. The summed E-state index contributed by atoms with van der Waals surface area (Å²) in [7, 11) is 2.11. The molecule has 4 aromatic heterocycles. The van der Waals surface area contributed by atoms with Crippen LogP contribution in [-0.4, -0.2) is 70.0 Å². The highest BCUT2D eigenvalue weighted by atomic mass is 16.1. The maximum atomic E-state index is 13.0. The predicted molar refractivity (Wildman–Crippen MR) is 143 cm³/mol. The maximum absolute atomic E-state index is 13.0. The molecule has 5 rings (SSSR count). The lowest BCUT2D eigenvalue weighted by Crippen LogP contribution is -2.44. The molecule has 36 heavy (non-hydrogen) atoms. The van der Waals surface area contributed by atoms with Crippen molar-refractivity contribution in [1.29, 1.82) is 0 Å². The van der Waals surface area contributed by atoms with E-state index in [-0.39, 0.29) is 5.91 Å². The van der Waals surface area contributed by atoms with E-state index in [1.165, 1.54) is 0 Å². The van der Waals surface area contributed by atoms with Gasteiger partial charge in [-0.25, -0.2) is 9.97 Å². The summed E-state index contributed by atoms with van der Waals surface area (Å²) in [5.74, 6) is 1.09. The largest absolute Gasteiger partial charge is 0.382 e. The molecule has 9 heteroatoms. The molecule has 1 aliphatic heterocycles. The third-order valence-corrected chi connectivity index (χ3v) is 6.17. The average Bonchev–Trinajstić information content (AvgIpc) is 2.88. The first kappa shape index (κ1) is 23.6. The van der Waals surface area contributed by atoms with Crippen LogP contribution < -0.4 is 15.5 Å². The van der Waals surface area contributed by atoms with Gasteiger partial charge in [0.05, 0.1) is 11.4 Å². The molecular formula is C27H30N8O. The number of fused-ring (bicyclic) bond motifs is 1. The van der Waals surface area contributed by atoms with E-state index in [0.29, 0.717) is 17.4 Å². The van der Waals surface area contributed by atoms with E-state index in [4.69, 9.17) is 0 Å². The zero-order valence-corrected chi connectivity index (χ0v) is 20.8. The number of nitrogens with one attached hydrogen (secondary N) is 2. The first-order chi connectivity index (χ1) is 17.4. The molecule has 5 heterocycles. The molecule has 0 aromatic carbocycles. The molecule has 2 N–H and O–H groups in total. The summed E-state index contributed by atoms with van der Waals surface area (Å²) in [5, 5.41) is 8.12. The van der Waals surface area contributed by atoms with Crippen molar-refractivity contribution < 1.29 is 4.79 Å². The van der Waals surface area contributed by atoms with Gasteiger partial charge < -0.3 is 20.4 Å². The lowest BCUT2D eigenvalue weighted by atomic mass is 10.1. The van der Waals surface area contributed by atoms with Crippen molar-refractivity contribution in [2.45, 2.75) is 19.9 Å². The zero-order chi connectivity index (χ0) is 25.1. The van der Waals surface area contributed by atoms with E-state index in [1.54, 1.807) is 37.1 Å². The number of pyridine rings is 4. The van der Waals surface area contributed by atoms with Gasteiger partial charge in [0.1, 0.15) is 11.6 Å². The minimum absolute atomic E-state index is 0.217. The van der Waals surface area contributed by atoms with Gasteiger partial charge in [-0.3, -0.25) is 14.8 Å². The lowest BCUT2D eigenvalue weighted by molar-refractivity contribution is 0.102. The number of nitrogens with zero attached hydrogens (tertiary/aromatic N) is 6. The topological polar surface area (TPSA) is 99.2 Å². The quantitative estimate of drug-likeness (QED) is 0.427. The van der Waals surface area contributed by atoms with E-state index >= 15 is 0 Å². The molecule has 184 valence electrons. The Balaban J connectivity index is 1.35. The second-order valence-corrected chi connectivity index (χ2v) is 9.39. The summed E-state index contributed by atoms with van der Waals surface area (Å²) >= 11 is 0. The van der Waals surface area contributed by atoms with Crippen molar-refractivity contribution >= 4 is 34.0 Å². The fraction of sp³-hybridized carbons (Fsp3) is 0.296. The monoisotopic (exact) mass is 482 g/mol. The number of likely N-dealkylation sites (N-methyl/N-ethyl adjacent to an activating group) is 1. The number of piperazine rings is 1. The fourth-order valence-electron chi connectivity index (χ4n) is 4.21. The third kappa shape index (κ3) is 5.41. The highest BCUT2D eigenvalue weighted by Gasteiger charge is 2.17. The van der Waals surface area contributed by atoms with Crippen LogP contribution in [0.2, 0.25) is 0 Å². The number of aromatic nitrogens is 4. The maximum Gasteiger partial charge on any atom is 0.257 e. The number of hydrogen-bond acceptors (Lipinski definition) is 8. The second-order valence-electron chi connectivity index (χ2n) is 9.39. The highest BCUT2D eigenvalue weighted by Crippen LogP contribution is 2.25. The molecule has 4 aromatic rings. The van der Waals surface area contributed by atoms with Gasteiger partial charge in [0.2, 0.25) is 0 Å². The summed E-state index contributed by atoms with van der Waals surface area (Å²) in [5.41, 5.74) is 3.21. The van der Waals surface area contributed by atoms with Gasteiger partial charge in [-0.1, -0.05) is 0 Å². The normalized spacial score (nSPS) is 14.3. The van der Waals surface area contributed by atoms with Crippen molar-refractivity contribution in [1.82, 2.24) is 24.8 Å². The van der Waals surface area contributed by atoms with Gasteiger partial charge >= 0.3 is 0 Å².